The van der Waals surface area contributed by atoms with Gasteiger partial charge in [0, 0.05) is 19.5 Å². The monoisotopic (exact) mass is 277 g/mol. The molecule has 0 bridgehead atoms. The molecule has 2 fully saturated rings. The molecule has 0 amide bonds. The maximum atomic E-state index is 5.80. The first-order valence-electron chi connectivity index (χ1n) is 8.21. The molecule has 5 heteroatoms. The summed E-state index contributed by atoms with van der Waals surface area (Å²) in [7, 11) is 0. The molecule has 3 rings (SSSR count). The number of nitrogens with zero attached hydrogens (tertiary/aromatic N) is 3. The molecule has 1 aromatic heterocycles. The van der Waals surface area contributed by atoms with E-state index in [0.29, 0.717) is 5.92 Å². The van der Waals surface area contributed by atoms with Crippen LogP contribution in [0, 0.1) is 11.8 Å². The molecule has 1 atom stereocenters. The van der Waals surface area contributed by atoms with E-state index in [9.17, 15) is 0 Å². The molecule has 1 saturated heterocycles. The third-order valence-corrected chi connectivity index (χ3v) is 4.86. The first kappa shape index (κ1) is 13.9. The summed E-state index contributed by atoms with van der Waals surface area (Å²) in [5.41, 5.74) is 5.80. The van der Waals surface area contributed by atoms with Gasteiger partial charge in [-0.15, -0.1) is 5.10 Å². The van der Waals surface area contributed by atoms with Gasteiger partial charge in [0.25, 0.3) is 0 Å². The van der Waals surface area contributed by atoms with Crippen LogP contribution < -0.4 is 10.6 Å². The Kier molecular flexibility index (Phi) is 4.55. The van der Waals surface area contributed by atoms with Gasteiger partial charge < -0.3 is 10.6 Å². The van der Waals surface area contributed by atoms with Crippen LogP contribution in [-0.2, 0) is 6.42 Å². The van der Waals surface area contributed by atoms with Gasteiger partial charge in [-0.25, -0.2) is 0 Å². The Morgan fingerprint density at radius 2 is 1.90 bits per heavy atom. The second kappa shape index (κ2) is 6.57. The van der Waals surface area contributed by atoms with Crippen molar-refractivity contribution in [3.8, 4) is 0 Å². The molecule has 0 aromatic carbocycles. The van der Waals surface area contributed by atoms with Crippen molar-refractivity contribution < 1.29 is 0 Å². The molecule has 1 saturated carbocycles. The molecule has 1 aliphatic carbocycles. The molecule has 1 unspecified atom stereocenters. The van der Waals surface area contributed by atoms with Crippen LogP contribution in [0.4, 0.5) is 5.95 Å². The summed E-state index contributed by atoms with van der Waals surface area (Å²) in [4.78, 5) is 7.01. The zero-order valence-electron chi connectivity index (χ0n) is 12.4. The molecule has 3 N–H and O–H groups in total. The average molecular weight is 277 g/mol. The van der Waals surface area contributed by atoms with Gasteiger partial charge in [0.2, 0.25) is 5.95 Å². The molecule has 20 heavy (non-hydrogen) atoms. The summed E-state index contributed by atoms with van der Waals surface area (Å²) >= 11 is 0. The third-order valence-electron chi connectivity index (χ3n) is 4.86. The molecule has 1 aliphatic heterocycles. The predicted molar refractivity (Wildman–Crippen MR) is 80.7 cm³/mol. The molecular formula is C15H27N5. The fourth-order valence-electron chi connectivity index (χ4n) is 3.62. The molecule has 112 valence electrons. The minimum atomic E-state index is 0.601. The van der Waals surface area contributed by atoms with Gasteiger partial charge in [0.05, 0.1) is 0 Å². The summed E-state index contributed by atoms with van der Waals surface area (Å²) in [6, 6.07) is 0. The highest BCUT2D eigenvalue weighted by Gasteiger charge is 2.22. The zero-order valence-corrected chi connectivity index (χ0v) is 12.4. The Balaban J connectivity index is 1.58. The van der Waals surface area contributed by atoms with Crippen molar-refractivity contribution in [3.63, 3.8) is 0 Å². The number of hydrogen-bond acceptors (Lipinski definition) is 4. The highest BCUT2D eigenvalue weighted by atomic mass is 15.4. The second-order valence-electron chi connectivity index (χ2n) is 6.48. The maximum Gasteiger partial charge on any atom is 0.244 e. The smallest absolute Gasteiger partial charge is 0.244 e. The normalized spacial score (nSPS) is 25.1. The molecule has 2 aliphatic rings. The van der Waals surface area contributed by atoms with Gasteiger partial charge in [-0.3, -0.25) is 5.10 Å². The Morgan fingerprint density at radius 1 is 1.10 bits per heavy atom. The van der Waals surface area contributed by atoms with Gasteiger partial charge in [-0.2, -0.15) is 4.98 Å². The summed E-state index contributed by atoms with van der Waals surface area (Å²) in [6.45, 7) is 2.85. The van der Waals surface area contributed by atoms with Crippen LogP contribution in [0.15, 0.2) is 0 Å². The summed E-state index contributed by atoms with van der Waals surface area (Å²) in [5, 5.41) is 7.57. The first-order valence-corrected chi connectivity index (χ1v) is 8.21. The number of hydrogen-bond donors (Lipinski definition) is 2. The van der Waals surface area contributed by atoms with Crippen LogP contribution in [-0.4, -0.2) is 34.8 Å². The molecule has 1 aromatic rings. The van der Waals surface area contributed by atoms with Gasteiger partial charge >= 0.3 is 0 Å². The van der Waals surface area contributed by atoms with Gasteiger partial charge in [0.15, 0.2) is 0 Å². The van der Waals surface area contributed by atoms with Crippen molar-refractivity contribution in [1.29, 1.82) is 0 Å². The summed E-state index contributed by atoms with van der Waals surface area (Å²) < 4.78 is 0. The van der Waals surface area contributed by atoms with E-state index in [0.717, 1.165) is 43.7 Å². The van der Waals surface area contributed by atoms with E-state index in [1.807, 2.05) is 0 Å². The van der Waals surface area contributed by atoms with Gasteiger partial charge in [-0.1, -0.05) is 32.1 Å². The predicted octanol–water partition coefficient (Wildman–Crippen LogP) is 2.10. The average Bonchev–Trinajstić information content (AvgIpc) is 2.97. The lowest BCUT2D eigenvalue weighted by molar-refractivity contribution is 0.352. The number of rotatable bonds is 4. The van der Waals surface area contributed by atoms with Crippen LogP contribution in [0.25, 0.3) is 0 Å². The van der Waals surface area contributed by atoms with Crippen LogP contribution in [0.1, 0.15) is 50.8 Å². The molecular weight excluding hydrogens is 250 g/mol. The number of aromatic nitrogens is 3. The van der Waals surface area contributed by atoms with Crippen LogP contribution in [0.3, 0.4) is 0 Å². The minimum Gasteiger partial charge on any atom is -0.339 e. The molecule has 5 nitrogen and oxygen atoms in total. The number of nitrogens with one attached hydrogen (secondary N) is 1. The van der Waals surface area contributed by atoms with Crippen molar-refractivity contribution in [1.82, 2.24) is 15.2 Å². The SMILES string of the molecule is NCC1CCCN(c2n[nH]c(CC3CCCCC3)n2)C1. The minimum absolute atomic E-state index is 0.601. The fourth-order valence-corrected chi connectivity index (χ4v) is 3.62. The van der Waals surface area contributed by atoms with E-state index < -0.39 is 0 Å². The standard InChI is InChI=1S/C15H27N5/c16-10-13-7-4-8-20(11-13)15-17-14(18-19-15)9-12-5-2-1-3-6-12/h12-13H,1-11,16H2,(H,17,18,19). The van der Waals surface area contributed by atoms with Crippen molar-refractivity contribution in [2.45, 2.75) is 51.4 Å². The van der Waals surface area contributed by atoms with E-state index in [1.165, 1.54) is 44.9 Å². The number of aromatic amines is 1. The molecule has 0 radical (unpaired) electrons. The first-order chi connectivity index (χ1) is 9.85. The molecule has 2 heterocycles. The lowest BCUT2D eigenvalue weighted by Gasteiger charge is -2.31. The number of piperidine rings is 1. The van der Waals surface area contributed by atoms with Crippen LogP contribution in [0.5, 0.6) is 0 Å². The Bertz CT molecular complexity index is 410. The van der Waals surface area contributed by atoms with Gasteiger partial charge in [-0.05, 0) is 31.2 Å². The number of anilines is 1. The van der Waals surface area contributed by atoms with E-state index in [1.54, 1.807) is 0 Å². The van der Waals surface area contributed by atoms with E-state index >= 15 is 0 Å². The highest BCUT2D eigenvalue weighted by molar-refractivity contribution is 5.29. The third kappa shape index (κ3) is 3.32. The van der Waals surface area contributed by atoms with Crippen molar-refractivity contribution >= 4 is 5.95 Å². The zero-order chi connectivity index (χ0) is 13.8. The van der Waals surface area contributed by atoms with Crippen molar-refractivity contribution in [2.75, 3.05) is 24.5 Å². The topological polar surface area (TPSA) is 70.8 Å². The number of H-pyrrole nitrogens is 1. The number of nitrogens with two attached hydrogens (primary N) is 1. The highest BCUT2D eigenvalue weighted by Crippen LogP contribution is 2.26. The lowest BCUT2D eigenvalue weighted by Crippen LogP contribution is -2.39. The Hall–Kier alpha value is -1.10. The fraction of sp³-hybridized carbons (Fsp3) is 0.867. The maximum absolute atomic E-state index is 5.80. The summed E-state index contributed by atoms with van der Waals surface area (Å²) in [6.07, 6.45) is 10.4. The largest absolute Gasteiger partial charge is 0.339 e. The van der Waals surface area contributed by atoms with Crippen LogP contribution >= 0.6 is 0 Å². The van der Waals surface area contributed by atoms with E-state index in [2.05, 4.69) is 15.1 Å². The quantitative estimate of drug-likeness (QED) is 0.884. The van der Waals surface area contributed by atoms with E-state index in [-0.39, 0.29) is 0 Å². The van der Waals surface area contributed by atoms with E-state index in [4.69, 9.17) is 10.7 Å². The summed E-state index contributed by atoms with van der Waals surface area (Å²) in [5.74, 6) is 3.36. The Morgan fingerprint density at radius 3 is 2.70 bits per heavy atom. The molecule has 0 spiro atoms. The van der Waals surface area contributed by atoms with Gasteiger partial charge in [0.1, 0.15) is 5.82 Å². The lowest BCUT2D eigenvalue weighted by atomic mass is 9.87. The van der Waals surface area contributed by atoms with Crippen molar-refractivity contribution in [2.24, 2.45) is 17.6 Å². The van der Waals surface area contributed by atoms with Crippen molar-refractivity contribution in [3.05, 3.63) is 5.82 Å². The second-order valence-corrected chi connectivity index (χ2v) is 6.48. The Labute approximate surface area is 121 Å². The van der Waals surface area contributed by atoms with Crippen LogP contribution in [0.2, 0.25) is 0 Å².